The van der Waals surface area contributed by atoms with Gasteiger partial charge >= 0.3 is 0 Å². The van der Waals surface area contributed by atoms with Crippen molar-refractivity contribution < 1.29 is 0 Å². The minimum atomic E-state index is 0.887. The molecular formula is C14H16N2. The maximum Gasteiger partial charge on any atom is 0.0917 e. The molecular weight excluding hydrogens is 196 g/mol. The van der Waals surface area contributed by atoms with Crippen molar-refractivity contribution in [3.8, 4) is 0 Å². The van der Waals surface area contributed by atoms with Gasteiger partial charge in [-0.2, -0.15) is 0 Å². The number of allylic oxidation sites excluding steroid dienone is 2. The zero-order valence-electron chi connectivity index (χ0n) is 9.77. The lowest BCUT2D eigenvalue weighted by atomic mass is 10.1. The molecule has 0 saturated heterocycles. The Balaban J connectivity index is 3.35. The SMILES string of the molecule is C=CC=Nc1c(C)ccc(C)c1N=CC=C. The summed E-state index contributed by atoms with van der Waals surface area (Å²) >= 11 is 0. The van der Waals surface area contributed by atoms with E-state index in [-0.39, 0.29) is 0 Å². The van der Waals surface area contributed by atoms with Crippen LogP contribution in [-0.4, -0.2) is 12.4 Å². The maximum atomic E-state index is 4.35. The molecule has 1 aromatic rings. The molecule has 0 aliphatic rings. The van der Waals surface area contributed by atoms with Crippen molar-refractivity contribution in [3.63, 3.8) is 0 Å². The van der Waals surface area contributed by atoms with Crippen LogP contribution in [0.1, 0.15) is 11.1 Å². The van der Waals surface area contributed by atoms with E-state index in [0.29, 0.717) is 0 Å². The van der Waals surface area contributed by atoms with Gasteiger partial charge in [0.05, 0.1) is 11.4 Å². The second-order valence-electron chi connectivity index (χ2n) is 3.42. The smallest absolute Gasteiger partial charge is 0.0917 e. The van der Waals surface area contributed by atoms with Gasteiger partial charge in [-0.05, 0) is 25.0 Å². The third-order valence-electron chi connectivity index (χ3n) is 2.17. The molecule has 0 atom stereocenters. The van der Waals surface area contributed by atoms with E-state index >= 15 is 0 Å². The molecule has 0 saturated carbocycles. The second kappa shape index (κ2) is 5.81. The Bertz CT molecular complexity index is 411. The highest BCUT2D eigenvalue weighted by atomic mass is 14.8. The summed E-state index contributed by atoms with van der Waals surface area (Å²) in [5.41, 5.74) is 3.97. The third kappa shape index (κ3) is 2.76. The molecule has 0 amide bonds. The van der Waals surface area contributed by atoms with E-state index < -0.39 is 0 Å². The van der Waals surface area contributed by atoms with Gasteiger partial charge in [0, 0.05) is 12.4 Å². The maximum absolute atomic E-state index is 4.35. The van der Waals surface area contributed by atoms with Crippen LogP contribution in [0.4, 0.5) is 11.4 Å². The van der Waals surface area contributed by atoms with Crippen LogP contribution in [0.25, 0.3) is 0 Å². The zero-order chi connectivity index (χ0) is 12.0. The van der Waals surface area contributed by atoms with Crippen molar-refractivity contribution in [1.82, 2.24) is 0 Å². The number of aliphatic imine (C=N–C) groups is 2. The van der Waals surface area contributed by atoms with Crippen LogP contribution < -0.4 is 0 Å². The fourth-order valence-corrected chi connectivity index (χ4v) is 1.36. The number of aryl methyl sites for hydroxylation is 2. The molecule has 82 valence electrons. The summed E-state index contributed by atoms with van der Waals surface area (Å²) < 4.78 is 0. The average molecular weight is 212 g/mol. The molecule has 0 bridgehead atoms. The van der Waals surface area contributed by atoms with Gasteiger partial charge in [-0.3, -0.25) is 9.98 Å². The molecule has 2 nitrogen and oxygen atoms in total. The van der Waals surface area contributed by atoms with Gasteiger partial charge < -0.3 is 0 Å². The summed E-state index contributed by atoms with van der Waals surface area (Å²) in [5.74, 6) is 0. The monoisotopic (exact) mass is 212 g/mol. The number of hydrogen-bond donors (Lipinski definition) is 0. The Morgan fingerprint density at radius 1 is 0.875 bits per heavy atom. The standard InChI is InChI=1S/C14H16N2/c1-5-9-15-13-11(3)7-8-12(4)14(13)16-10-6-2/h5-10H,1-2H2,3-4H3. The Kier molecular flexibility index (Phi) is 4.40. The van der Waals surface area contributed by atoms with Crippen LogP contribution in [0.3, 0.4) is 0 Å². The molecule has 0 aromatic heterocycles. The summed E-state index contributed by atoms with van der Waals surface area (Å²) in [4.78, 5) is 8.69. The fourth-order valence-electron chi connectivity index (χ4n) is 1.36. The Morgan fingerprint density at radius 2 is 1.25 bits per heavy atom. The lowest BCUT2D eigenvalue weighted by Gasteiger charge is -2.07. The van der Waals surface area contributed by atoms with E-state index in [1.165, 1.54) is 0 Å². The van der Waals surface area contributed by atoms with Crippen molar-refractivity contribution in [3.05, 3.63) is 48.6 Å². The highest BCUT2D eigenvalue weighted by molar-refractivity contribution is 5.83. The predicted octanol–water partition coefficient (Wildman–Crippen LogP) is 4.08. The van der Waals surface area contributed by atoms with E-state index in [9.17, 15) is 0 Å². The summed E-state index contributed by atoms with van der Waals surface area (Å²) in [5, 5.41) is 0. The molecule has 1 rings (SSSR count). The van der Waals surface area contributed by atoms with Gasteiger partial charge in [-0.25, -0.2) is 0 Å². The first-order chi connectivity index (χ1) is 7.70. The topological polar surface area (TPSA) is 24.7 Å². The van der Waals surface area contributed by atoms with Gasteiger partial charge in [0.2, 0.25) is 0 Å². The van der Waals surface area contributed by atoms with Gasteiger partial charge in [-0.1, -0.05) is 37.4 Å². The molecule has 0 radical (unpaired) electrons. The molecule has 0 aliphatic heterocycles. The van der Waals surface area contributed by atoms with E-state index in [1.807, 2.05) is 26.0 Å². The molecule has 0 N–H and O–H groups in total. The highest BCUT2D eigenvalue weighted by Crippen LogP contribution is 2.34. The van der Waals surface area contributed by atoms with E-state index in [4.69, 9.17) is 0 Å². The minimum absolute atomic E-state index is 0.887. The number of hydrogen-bond acceptors (Lipinski definition) is 2. The van der Waals surface area contributed by atoms with Crippen LogP contribution in [0.5, 0.6) is 0 Å². The summed E-state index contributed by atoms with van der Waals surface area (Å²) in [6.45, 7) is 11.3. The van der Waals surface area contributed by atoms with Crippen LogP contribution in [0.15, 0.2) is 47.4 Å². The van der Waals surface area contributed by atoms with E-state index in [0.717, 1.165) is 22.5 Å². The third-order valence-corrected chi connectivity index (χ3v) is 2.17. The quantitative estimate of drug-likeness (QED) is 0.672. The first-order valence-corrected chi connectivity index (χ1v) is 5.11. The van der Waals surface area contributed by atoms with Crippen molar-refractivity contribution in [2.45, 2.75) is 13.8 Å². The van der Waals surface area contributed by atoms with Crippen molar-refractivity contribution in [1.29, 1.82) is 0 Å². The van der Waals surface area contributed by atoms with Gasteiger partial charge in [0.15, 0.2) is 0 Å². The van der Waals surface area contributed by atoms with E-state index in [2.05, 4.69) is 23.1 Å². The Morgan fingerprint density at radius 3 is 1.56 bits per heavy atom. The van der Waals surface area contributed by atoms with Crippen molar-refractivity contribution in [2.75, 3.05) is 0 Å². The van der Waals surface area contributed by atoms with Crippen molar-refractivity contribution in [2.24, 2.45) is 9.98 Å². The normalized spacial score (nSPS) is 11.1. The molecule has 0 spiro atoms. The van der Waals surface area contributed by atoms with Crippen LogP contribution in [0, 0.1) is 13.8 Å². The first kappa shape index (κ1) is 12.1. The molecule has 16 heavy (non-hydrogen) atoms. The summed E-state index contributed by atoms with van der Waals surface area (Å²) in [7, 11) is 0. The lowest BCUT2D eigenvalue weighted by Crippen LogP contribution is -1.81. The second-order valence-corrected chi connectivity index (χ2v) is 3.42. The molecule has 0 aliphatic carbocycles. The molecule has 2 heteroatoms. The summed E-state index contributed by atoms with van der Waals surface area (Å²) in [6.07, 6.45) is 6.66. The largest absolute Gasteiger partial charge is 0.254 e. The van der Waals surface area contributed by atoms with Gasteiger partial charge in [-0.15, -0.1) is 0 Å². The molecule has 0 unspecified atom stereocenters. The number of benzene rings is 1. The van der Waals surface area contributed by atoms with Crippen LogP contribution >= 0.6 is 0 Å². The average Bonchev–Trinajstić information content (AvgIpc) is 2.29. The summed E-state index contributed by atoms with van der Waals surface area (Å²) in [6, 6.07) is 4.08. The first-order valence-electron chi connectivity index (χ1n) is 5.11. The van der Waals surface area contributed by atoms with Crippen molar-refractivity contribution >= 4 is 23.8 Å². The zero-order valence-corrected chi connectivity index (χ0v) is 9.77. The molecule has 0 fully saturated rings. The molecule has 1 aromatic carbocycles. The highest BCUT2D eigenvalue weighted by Gasteiger charge is 2.05. The number of nitrogens with zero attached hydrogens (tertiary/aromatic N) is 2. The Labute approximate surface area is 96.8 Å². The Hall–Kier alpha value is -1.96. The lowest BCUT2D eigenvalue weighted by molar-refractivity contribution is 1.32. The van der Waals surface area contributed by atoms with Gasteiger partial charge in [0.25, 0.3) is 0 Å². The predicted molar refractivity (Wildman–Crippen MR) is 72.6 cm³/mol. The van der Waals surface area contributed by atoms with Crippen LogP contribution in [-0.2, 0) is 0 Å². The van der Waals surface area contributed by atoms with Crippen LogP contribution in [0.2, 0.25) is 0 Å². The number of rotatable bonds is 4. The minimum Gasteiger partial charge on any atom is -0.254 e. The van der Waals surface area contributed by atoms with E-state index in [1.54, 1.807) is 24.6 Å². The molecule has 0 heterocycles. The fraction of sp³-hybridized carbons (Fsp3) is 0.143. The van der Waals surface area contributed by atoms with Gasteiger partial charge in [0.1, 0.15) is 0 Å².